The first-order chi connectivity index (χ1) is 6.86. The molecule has 0 radical (unpaired) electrons. The molecule has 0 saturated carbocycles. The van der Waals surface area contributed by atoms with Crippen LogP contribution in [0, 0.1) is 5.92 Å². The fourth-order valence-electron chi connectivity index (χ4n) is 2.63. The van der Waals surface area contributed by atoms with Crippen molar-refractivity contribution in [2.75, 3.05) is 6.54 Å². The van der Waals surface area contributed by atoms with Crippen molar-refractivity contribution < 1.29 is 4.79 Å². The topological polar surface area (TPSA) is 32.7 Å². The van der Waals surface area contributed by atoms with Crippen molar-refractivity contribution >= 4 is 11.7 Å². The van der Waals surface area contributed by atoms with Gasteiger partial charge >= 0.3 is 0 Å². The Balaban J connectivity index is 1.97. The van der Waals surface area contributed by atoms with E-state index in [9.17, 15) is 4.79 Å². The summed E-state index contributed by atoms with van der Waals surface area (Å²) in [5, 5.41) is 0. The molecule has 1 aliphatic carbocycles. The molecule has 2 atom stereocenters. The number of rotatable bonds is 0. The summed E-state index contributed by atoms with van der Waals surface area (Å²) in [6.07, 6.45) is 8.21. The largest absolute Gasteiger partial charge is 0.300 e. The van der Waals surface area contributed by atoms with Crippen LogP contribution in [-0.2, 0) is 4.79 Å². The van der Waals surface area contributed by atoms with Crippen LogP contribution in [-0.4, -0.2) is 29.2 Å². The van der Waals surface area contributed by atoms with Gasteiger partial charge in [0.25, 0.3) is 0 Å². The second kappa shape index (κ2) is 2.94. The molecule has 3 nitrogen and oxygen atoms in total. The molecule has 0 aromatic carbocycles. The third-order valence-electron chi connectivity index (χ3n) is 3.39. The monoisotopic (exact) mass is 190 g/mol. The van der Waals surface area contributed by atoms with Crippen molar-refractivity contribution in [3.63, 3.8) is 0 Å². The number of fused-ring (bicyclic) bond motifs is 2. The van der Waals surface area contributed by atoms with Gasteiger partial charge in [-0.3, -0.25) is 9.79 Å². The van der Waals surface area contributed by atoms with Gasteiger partial charge in [-0.1, -0.05) is 12.2 Å². The number of hydrogen-bond donors (Lipinski definition) is 0. The van der Waals surface area contributed by atoms with E-state index in [1.165, 1.54) is 0 Å². The van der Waals surface area contributed by atoms with Gasteiger partial charge in [-0.25, -0.2) is 0 Å². The Morgan fingerprint density at radius 2 is 2.21 bits per heavy atom. The van der Waals surface area contributed by atoms with Gasteiger partial charge in [0.15, 0.2) is 0 Å². The van der Waals surface area contributed by atoms with Gasteiger partial charge < -0.3 is 4.90 Å². The van der Waals surface area contributed by atoms with Crippen LogP contribution in [0.5, 0.6) is 0 Å². The first-order valence-corrected chi connectivity index (χ1v) is 5.39. The predicted molar refractivity (Wildman–Crippen MR) is 54.0 cm³/mol. The maximum atomic E-state index is 12.1. The minimum absolute atomic E-state index is 0.141. The molecule has 2 heterocycles. The highest BCUT2D eigenvalue weighted by atomic mass is 16.2. The zero-order chi connectivity index (χ0) is 9.54. The van der Waals surface area contributed by atoms with E-state index in [1.54, 1.807) is 0 Å². The molecule has 0 unspecified atom stereocenters. The maximum Gasteiger partial charge on any atom is 0.233 e. The van der Waals surface area contributed by atoms with Crippen molar-refractivity contribution in [3.8, 4) is 0 Å². The number of carbonyl (C=O) groups excluding carboxylic acids is 1. The van der Waals surface area contributed by atoms with Crippen LogP contribution in [0.25, 0.3) is 0 Å². The van der Waals surface area contributed by atoms with Gasteiger partial charge in [-0.2, -0.15) is 0 Å². The smallest absolute Gasteiger partial charge is 0.233 e. The van der Waals surface area contributed by atoms with Gasteiger partial charge in [0, 0.05) is 13.0 Å². The molecule has 3 rings (SSSR count). The summed E-state index contributed by atoms with van der Waals surface area (Å²) in [7, 11) is 0. The van der Waals surface area contributed by atoms with Crippen LogP contribution in [0.4, 0.5) is 0 Å². The lowest BCUT2D eigenvalue weighted by molar-refractivity contribution is -0.132. The van der Waals surface area contributed by atoms with Crippen molar-refractivity contribution in [1.29, 1.82) is 0 Å². The first-order valence-electron chi connectivity index (χ1n) is 5.39. The molecule has 1 amide bonds. The number of carbonyl (C=O) groups is 1. The van der Waals surface area contributed by atoms with Crippen LogP contribution >= 0.6 is 0 Å². The lowest BCUT2D eigenvalue weighted by atomic mass is 9.87. The Labute approximate surface area is 83.5 Å². The Morgan fingerprint density at radius 3 is 3.14 bits per heavy atom. The summed E-state index contributed by atoms with van der Waals surface area (Å²) >= 11 is 0. The third-order valence-corrected chi connectivity index (χ3v) is 3.39. The molecule has 0 aromatic rings. The Bertz CT molecular complexity index is 332. The quantitative estimate of drug-likeness (QED) is 0.531. The van der Waals surface area contributed by atoms with Crippen molar-refractivity contribution in [3.05, 3.63) is 12.2 Å². The first kappa shape index (κ1) is 8.21. The van der Waals surface area contributed by atoms with E-state index >= 15 is 0 Å². The second-order valence-electron chi connectivity index (χ2n) is 4.26. The summed E-state index contributed by atoms with van der Waals surface area (Å²) in [4.78, 5) is 18.6. The number of nitrogens with zero attached hydrogens (tertiary/aromatic N) is 2. The van der Waals surface area contributed by atoms with Gasteiger partial charge in [-0.15, -0.1) is 0 Å². The van der Waals surface area contributed by atoms with E-state index in [1.807, 2.05) is 4.90 Å². The molecular weight excluding hydrogens is 176 g/mol. The van der Waals surface area contributed by atoms with E-state index < -0.39 is 0 Å². The van der Waals surface area contributed by atoms with Crippen LogP contribution in [0.3, 0.4) is 0 Å². The van der Waals surface area contributed by atoms with Gasteiger partial charge in [0.1, 0.15) is 5.84 Å². The predicted octanol–water partition coefficient (Wildman–Crippen LogP) is 1.36. The summed E-state index contributed by atoms with van der Waals surface area (Å²) < 4.78 is 0. The highest BCUT2D eigenvalue weighted by Crippen LogP contribution is 2.31. The minimum Gasteiger partial charge on any atom is -0.300 e. The zero-order valence-corrected chi connectivity index (χ0v) is 8.15. The molecule has 2 aliphatic heterocycles. The summed E-state index contributed by atoms with van der Waals surface area (Å²) in [6.45, 7) is 0.893. The molecule has 0 aromatic heterocycles. The van der Waals surface area contributed by atoms with E-state index in [2.05, 4.69) is 17.1 Å². The van der Waals surface area contributed by atoms with Crippen LogP contribution in [0.15, 0.2) is 17.1 Å². The van der Waals surface area contributed by atoms with Crippen molar-refractivity contribution in [2.45, 2.75) is 31.7 Å². The van der Waals surface area contributed by atoms with E-state index in [-0.39, 0.29) is 12.0 Å². The molecule has 0 bridgehead atoms. The van der Waals surface area contributed by atoms with Gasteiger partial charge in [0.05, 0.1) is 12.0 Å². The second-order valence-corrected chi connectivity index (χ2v) is 4.26. The lowest BCUT2D eigenvalue weighted by Gasteiger charge is -2.34. The number of amidine groups is 1. The lowest BCUT2D eigenvalue weighted by Crippen LogP contribution is -2.46. The molecule has 1 saturated heterocycles. The van der Waals surface area contributed by atoms with Crippen molar-refractivity contribution in [2.24, 2.45) is 10.9 Å². The standard InChI is InChI=1S/C11H14N2O/c14-11-8-4-1-2-5-9(8)12-10-6-3-7-13(10)11/h1-2,8-9H,3-7H2/t8-,9-/m0/s1. The molecule has 0 spiro atoms. The molecule has 74 valence electrons. The molecule has 3 aliphatic rings. The van der Waals surface area contributed by atoms with E-state index in [0.29, 0.717) is 5.91 Å². The fourth-order valence-corrected chi connectivity index (χ4v) is 2.63. The van der Waals surface area contributed by atoms with Gasteiger partial charge in [0.2, 0.25) is 5.91 Å². The molecular formula is C11H14N2O. The SMILES string of the molecule is O=C1[C@H]2CC=CC[C@@H]2N=C2CCCN12. The minimum atomic E-state index is 0.141. The maximum absolute atomic E-state index is 12.1. The molecule has 1 fully saturated rings. The van der Waals surface area contributed by atoms with Crippen LogP contribution < -0.4 is 0 Å². The summed E-state index contributed by atoms with van der Waals surface area (Å²) in [5.41, 5.74) is 0. The molecule has 3 heteroatoms. The molecule has 14 heavy (non-hydrogen) atoms. The number of hydrogen-bond acceptors (Lipinski definition) is 2. The number of amides is 1. The average Bonchev–Trinajstić information content (AvgIpc) is 2.66. The summed E-state index contributed by atoms with van der Waals surface area (Å²) in [6, 6.07) is 0.247. The highest BCUT2D eigenvalue weighted by molar-refractivity contribution is 6.02. The number of allylic oxidation sites excluding steroid dienone is 1. The molecule has 0 N–H and O–H groups in total. The zero-order valence-electron chi connectivity index (χ0n) is 8.15. The van der Waals surface area contributed by atoms with Crippen molar-refractivity contribution in [1.82, 2.24) is 4.90 Å². The highest BCUT2D eigenvalue weighted by Gasteiger charge is 2.39. The van der Waals surface area contributed by atoms with Crippen LogP contribution in [0.2, 0.25) is 0 Å². The van der Waals surface area contributed by atoms with E-state index in [4.69, 9.17) is 0 Å². The Kier molecular flexibility index (Phi) is 1.72. The normalized spacial score (nSPS) is 35.3. The Hall–Kier alpha value is -1.12. The average molecular weight is 190 g/mol. The fraction of sp³-hybridized carbons (Fsp3) is 0.636. The summed E-state index contributed by atoms with van der Waals surface area (Å²) in [5.74, 6) is 1.51. The third kappa shape index (κ3) is 1.04. The van der Waals surface area contributed by atoms with E-state index in [0.717, 1.165) is 38.1 Å². The number of aliphatic imine (C=N–C) groups is 1. The van der Waals surface area contributed by atoms with Crippen LogP contribution in [0.1, 0.15) is 25.7 Å². The Morgan fingerprint density at radius 1 is 1.36 bits per heavy atom. The van der Waals surface area contributed by atoms with Gasteiger partial charge in [-0.05, 0) is 19.3 Å².